The van der Waals surface area contributed by atoms with Gasteiger partial charge in [-0.2, -0.15) is 4.72 Å². The lowest BCUT2D eigenvalue weighted by Gasteiger charge is -2.15. The van der Waals surface area contributed by atoms with Crippen molar-refractivity contribution in [3.05, 3.63) is 29.8 Å². The van der Waals surface area contributed by atoms with Gasteiger partial charge in [0, 0.05) is 6.42 Å². The summed E-state index contributed by atoms with van der Waals surface area (Å²) in [4.78, 5) is 21.4. The first-order valence-electron chi connectivity index (χ1n) is 5.76. The molecule has 0 heterocycles. The van der Waals surface area contributed by atoms with Crippen molar-refractivity contribution in [2.75, 3.05) is 0 Å². The van der Waals surface area contributed by atoms with Crippen molar-refractivity contribution in [2.24, 2.45) is 0 Å². The lowest BCUT2D eigenvalue weighted by Crippen LogP contribution is -2.41. The van der Waals surface area contributed by atoms with Gasteiger partial charge in [0.2, 0.25) is 10.0 Å². The van der Waals surface area contributed by atoms with E-state index in [2.05, 4.69) is 0 Å². The van der Waals surface area contributed by atoms with E-state index < -0.39 is 34.4 Å². The maximum Gasteiger partial charge on any atom is 0.321 e. The number of benzene rings is 1. The number of hydrogen-bond donors (Lipinski definition) is 3. The van der Waals surface area contributed by atoms with E-state index in [0.717, 1.165) is 0 Å². The Morgan fingerprint density at radius 2 is 1.85 bits per heavy atom. The summed E-state index contributed by atoms with van der Waals surface area (Å²) in [6.07, 6.45) is -0.761. The minimum atomic E-state index is -4.01. The Balaban J connectivity index is 2.95. The molecule has 0 saturated heterocycles. The van der Waals surface area contributed by atoms with E-state index in [1.54, 1.807) is 19.1 Å². The number of aliphatic carboxylic acids is 2. The Morgan fingerprint density at radius 3 is 2.35 bits per heavy atom. The first-order chi connectivity index (χ1) is 9.24. The van der Waals surface area contributed by atoms with Gasteiger partial charge in [-0.25, -0.2) is 8.42 Å². The molecule has 0 aliphatic rings. The summed E-state index contributed by atoms with van der Waals surface area (Å²) in [5.74, 6) is -2.60. The average Bonchev–Trinajstić information content (AvgIpc) is 2.34. The van der Waals surface area contributed by atoms with Gasteiger partial charge in [-0.15, -0.1) is 0 Å². The van der Waals surface area contributed by atoms with Crippen LogP contribution in [0, 0.1) is 6.92 Å². The topological polar surface area (TPSA) is 121 Å². The molecule has 7 nitrogen and oxygen atoms in total. The standard InChI is InChI=1S/C12H15NO6S/c1-8-4-2-3-5-10(8)20(18,19)13-9(12(16)17)6-7-11(14)15/h2-5,9,13H,6-7H2,1H3,(H,14,15)(H,16,17). The monoisotopic (exact) mass is 301 g/mol. The number of sulfonamides is 1. The molecule has 1 aromatic carbocycles. The van der Waals surface area contributed by atoms with Crippen LogP contribution in [0.2, 0.25) is 0 Å². The molecule has 0 aliphatic carbocycles. The van der Waals surface area contributed by atoms with Crippen LogP contribution >= 0.6 is 0 Å². The van der Waals surface area contributed by atoms with Crippen LogP contribution in [0.4, 0.5) is 0 Å². The highest BCUT2D eigenvalue weighted by atomic mass is 32.2. The third-order valence-electron chi connectivity index (χ3n) is 2.63. The molecule has 8 heteroatoms. The summed E-state index contributed by atoms with van der Waals surface area (Å²) in [5, 5.41) is 17.5. The molecule has 0 bridgehead atoms. The lowest BCUT2D eigenvalue weighted by molar-refractivity contribution is -0.140. The van der Waals surface area contributed by atoms with Gasteiger partial charge in [0.25, 0.3) is 0 Å². The van der Waals surface area contributed by atoms with Crippen molar-refractivity contribution in [3.8, 4) is 0 Å². The Labute approximate surface area is 116 Å². The van der Waals surface area contributed by atoms with Gasteiger partial charge < -0.3 is 10.2 Å². The molecule has 20 heavy (non-hydrogen) atoms. The van der Waals surface area contributed by atoms with Gasteiger partial charge in [-0.1, -0.05) is 18.2 Å². The molecular weight excluding hydrogens is 286 g/mol. The molecule has 1 aromatic rings. The highest BCUT2D eigenvalue weighted by Gasteiger charge is 2.26. The van der Waals surface area contributed by atoms with E-state index in [4.69, 9.17) is 10.2 Å². The van der Waals surface area contributed by atoms with Crippen LogP contribution in [-0.2, 0) is 19.6 Å². The van der Waals surface area contributed by atoms with Gasteiger partial charge in [0.1, 0.15) is 6.04 Å². The number of nitrogens with one attached hydrogen (secondary N) is 1. The quantitative estimate of drug-likeness (QED) is 0.678. The van der Waals surface area contributed by atoms with Crippen molar-refractivity contribution < 1.29 is 28.2 Å². The molecule has 0 spiro atoms. The summed E-state index contributed by atoms with van der Waals surface area (Å²) in [7, 11) is -4.01. The van der Waals surface area contributed by atoms with Crippen LogP contribution in [0.5, 0.6) is 0 Å². The van der Waals surface area contributed by atoms with E-state index >= 15 is 0 Å². The molecule has 1 atom stereocenters. The molecule has 0 aliphatic heterocycles. The second-order valence-electron chi connectivity index (χ2n) is 4.21. The van der Waals surface area contributed by atoms with Crippen LogP contribution in [-0.4, -0.2) is 36.6 Å². The first-order valence-corrected chi connectivity index (χ1v) is 7.25. The van der Waals surface area contributed by atoms with Crippen LogP contribution in [0.25, 0.3) is 0 Å². The molecule has 0 saturated carbocycles. The predicted octanol–water partition coefficient (Wildman–Crippen LogP) is 0.591. The minimum Gasteiger partial charge on any atom is -0.481 e. The largest absolute Gasteiger partial charge is 0.481 e. The molecule has 3 N–H and O–H groups in total. The van der Waals surface area contributed by atoms with Crippen molar-refractivity contribution in [1.29, 1.82) is 0 Å². The van der Waals surface area contributed by atoms with Gasteiger partial charge in [0.05, 0.1) is 4.90 Å². The zero-order valence-corrected chi connectivity index (χ0v) is 11.6. The Bertz CT molecular complexity index is 610. The summed E-state index contributed by atoms with van der Waals surface area (Å²) < 4.78 is 26.2. The Hall–Kier alpha value is -1.93. The fourth-order valence-corrected chi connectivity index (χ4v) is 3.08. The molecule has 110 valence electrons. The van der Waals surface area contributed by atoms with Gasteiger partial charge in [-0.05, 0) is 25.0 Å². The van der Waals surface area contributed by atoms with E-state index in [0.29, 0.717) is 5.56 Å². The maximum atomic E-state index is 12.1. The van der Waals surface area contributed by atoms with Crippen molar-refractivity contribution in [2.45, 2.75) is 30.7 Å². The molecule has 0 radical (unpaired) electrons. The molecule has 0 aromatic heterocycles. The second kappa shape index (κ2) is 6.49. The van der Waals surface area contributed by atoms with Crippen LogP contribution in [0.1, 0.15) is 18.4 Å². The van der Waals surface area contributed by atoms with Gasteiger partial charge in [0.15, 0.2) is 0 Å². The van der Waals surface area contributed by atoms with Crippen LogP contribution < -0.4 is 4.72 Å². The first kappa shape index (κ1) is 16.1. The van der Waals surface area contributed by atoms with Crippen molar-refractivity contribution in [3.63, 3.8) is 0 Å². The maximum absolute atomic E-state index is 12.1. The molecule has 1 unspecified atom stereocenters. The number of carbonyl (C=O) groups is 2. The summed E-state index contributed by atoms with van der Waals surface area (Å²) in [6.45, 7) is 1.58. The number of rotatable bonds is 7. The van der Waals surface area contributed by atoms with Crippen LogP contribution in [0.15, 0.2) is 29.2 Å². The summed E-state index contributed by atoms with van der Waals surface area (Å²) >= 11 is 0. The molecule has 0 fully saturated rings. The van der Waals surface area contributed by atoms with Gasteiger partial charge >= 0.3 is 11.9 Å². The smallest absolute Gasteiger partial charge is 0.321 e. The zero-order valence-electron chi connectivity index (χ0n) is 10.7. The van der Waals surface area contributed by atoms with Crippen molar-refractivity contribution >= 4 is 22.0 Å². The van der Waals surface area contributed by atoms with Crippen LogP contribution in [0.3, 0.4) is 0 Å². The summed E-state index contributed by atoms with van der Waals surface area (Å²) in [6, 6.07) is 4.65. The fourth-order valence-electron chi connectivity index (χ4n) is 1.61. The number of hydrogen-bond acceptors (Lipinski definition) is 4. The van der Waals surface area contributed by atoms with E-state index in [1.165, 1.54) is 12.1 Å². The van der Waals surface area contributed by atoms with Gasteiger partial charge in [-0.3, -0.25) is 9.59 Å². The zero-order chi connectivity index (χ0) is 15.3. The van der Waals surface area contributed by atoms with E-state index in [9.17, 15) is 18.0 Å². The number of aryl methyl sites for hydroxylation is 1. The molecule has 1 rings (SSSR count). The fraction of sp³-hybridized carbons (Fsp3) is 0.333. The number of carboxylic acid groups (broad SMARTS) is 2. The summed E-state index contributed by atoms with van der Waals surface area (Å²) in [5.41, 5.74) is 0.474. The van der Waals surface area contributed by atoms with E-state index in [-0.39, 0.29) is 11.3 Å². The normalized spacial score (nSPS) is 12.8. The Kier molecular flexibility index (Phi) is 5.23. The SMILES string of the molecule is Cc1ccccc1S(=O)(=O)NC(CCC(=O)O)C(=O)O. The Morgan fingerprint density at radius 1 is 1.25 bits per heavy atom. The number of carboxylic acids is 2. The highest BCUT2D eigenvalue weighted by Crippen LogP contribution is 2.15. The second-order valence-corrected chi connectivity index (χ2v) is 5.89. The van der Waals surface area contributed by atoms with E-state index in [1.807, 2.05) is 4.72 Å². The highest BCUT2D eigenvalue weighted by molar-refractivity contribution is 7.89. The van der Waals surface area contributed by atoms with Crippen molar-refractivity contribution in [1.82, 2.24) is 4.72 Å². The molecule has 0 amide bonds. The predicted molar refractivity (Wildman–Crippen MR) is 69.8 cm³/mol. The third kappa shape index (κ3) is 4.32. The minimum absolute atomic E-state index is 0.0263. The third-order valence-corrected chi connectivity index (χ3v) is 4.26. The lowest BCUT2D eigenvalue weighted by atomic mass is 10.2. The average molecular weight is 301 g/mol. The molecular formula is C12H15NO6S.